The molecule has 1 saturated carbocycles. The average Bonchev–Trinajstić information content (AvgIpc) is 3.52. The van der Waals surface area contributed by atoms with Crippen molar-refractivity contribution < 1.29 is 9.59 Å². The molecule has 0 unspecified atom stereocenters. The average molecular weight is 433 g/mol. The van der Waals surface area contributed by atoms with Gasteiger partial charge in [0.2, 0.25) is 11.8 Å². The number of carbonyl (C=O) groups is 2. The molecule has 2 aromatic rings. The van der Waals surface area contributed by atoms with Crippen molar-refractivity contribution in [1.82, 2.24) is 19.4 Å². The molecule has 8 heteroatoms. The number of halogens is 1. The summed E-state index contributed by atoms with van der Waals surface area (Å²) in [5, 5.41) is 0.534. The molecule has 0 atom stereocenters. The second-order valence-electron chi connectivity index (χ2n) is 7.13. The first-order valence-electron chi connectivity index (χ1n) is 9.24. The summed E-state index contributed by atoms with van der Waals surface area (Å²) in [6, 6.07) is 5.38. The number of hydrogen-bond acceptors (Lipinski definition) is 4. The van der Waals surface area contributed by atoms with E-state index in [9.17, 15) is 14.4 Å². The van der Waals surface area contributed by atoms with Gasteiger partial charge in [-0.3, -0.25) is 19.0 Å². The SMILES string of the molecule is O=C(CCn1cnc2ccc(Br)cc2c1=O)N1CCN(C(=O)C2CC2)CC1. The summed E-state index contributed by atoms with van der Waals surface area (Å²) in [5.74, 6) is 0.469. The third-order valence-electron chi connectivity index (χ3n) is 5.22. The smallest absolute Gasteiger partial charge is 0.261 e. The molecule has 1 aliphatic carbocycles. The van der Waals surface area contributed by atoms with Crippen molar-refractivity contribution in [2.24, 2.45) is 5.92 Å². The molecule has 1 saturated heterocycles. The summed E-state index contributed by atoms with van der Waals surface area (Å²) < 4.78 is 2.31. The third-order valence-corrected chi connectivity index (χ3v) is 5.72. The molecular weight excluding hydrogens is 412 g/mol. The summed E-state index contributed by atoms with van der Waals surface area (Å²) in [6.07, 6.45) is 3.75. The van der Waals surface area contributed by atoms with Crippen LogP contribution in [0.4, 0.5) is 0 Å². The van der Waals surface area contributed by atoms with Crippen molar-refractivity contribution in [1.29, 1.82) is 0 Å². The van der Waals surface area contributed by atoms with Crippen LogP contribution in [-0.4, -0.2) is 57.3 Å². The van der Waals surface area contributed by atoms with Crippen molar-refractivity contribution in [3.63, 3.8) is 0 Å². The number of nitrogens with zero attached hydrogens (tertiary/aromatic N) is 4. The van der Waals surface area contributed by atoms with Crippen molar-refractivity contribution in [2.75, 3.05) is 26.2 Å². The number of hydrogen-bond donors (Lipinski definition) is 0. The minimum absolute atomic E-state index is 0.00904. The van der Waals surface area contributed by atoms with E-state index >= 15 is 0 Å². The standard InChI is InChI=1S/C19H21BrN4O3/c20-14-3-4-16-15(11-14)19(27)24(12-21-16)6-5-17(25)22-7-9-23(10-8-22)18(26)13-1-2-13/h3-4,11-13H,1-2,5-10H2. The van der Waals surface area contributed by atoms with E-state index in [4.69, 9.17) is 0 Å². The fourth-order valence-electron chi connectivity index (χ4n) is 3.43. The third kappa shape index (κ3) is 3.90. The van der Waals surface area contributed by atoms with Crippen molar-refractivity contribution in [3.05, 3.63) is 39.4 Å². The fraction of sp³-hybridized carbons (Fsp3) is 0.474. The van der Waals surface area contributed by atoms with Crippen molar-refractivity contribution in [3.8, 4) is 0 Å². The van der Waals surface area contributed by atoms with Gasteiger partial charge in [0.15, 0.2) is 0 Å². The van der Waals surface area contributed by atoms with Gasteiger partial charge in [-0.05, 0) is 31.0 Å². The minimum Gasteiger partial charge on any atom is -0.339 e. The lowest BCUT2D eigenvalue weighted by molar-refractivity contribution is -0.140. The van der Waals surface area contributed by atoms with Gasteiger partial charge < -0.3 is 9.80 Å². The van der Waals surface area contributed by atoms with E-state index < -0.39 is 0 Å². The van der Waals surface area contributed by atoms with Crippen molar-refractivity contribution in [2.45, 2.75) is 25.8 Å². The maximum absolute atomic E-state index is 12.6. The maximum atomic E-state index is 12.6. The van der Waals surface area contributed by atoms with E-state index in [0.29, 0.717) is 43.6 Å². The van der Waals surface area contributed by atoms with Crippen LogP contribution in [0.3, 0.4) is 0 Å². The van der Waals surface area contributed by atoms with Gasteiger partial charge in [0, 0.05) is 49.5 Å². The van der Waals surface area contributed by atoms with Crippen LogP contribution in [0.15, 0.2) is 33.8 Å². The number of fused-ring (bicyclic) bond motifs is 1. The Labute approximate surface area is 165 Å². The number of piperazine rings is 1. The van der Waals surface area contributed by atoms with Gasteiger partial charge in [0.1, 0.15) is 0 Å². The molecular formula is C19H21BrN4O3. The number of aryl methyl sites for hydroxylation is 1. The second-order valence-corrected chi connectivity index (χ2v) is 8.05. The molecule has 0 N–H and O–H groups in total. The highest BCUT2D eigenvalue weighted by atomic mass is 79.9. The number of aromatic nitrogens is 2. The van der Waals surface area contributed by atoms with E-state index in [1.165, 1.54) is 10.9 Å². The van der Waals surface area contributed by atoms with Crippen LogP contribution in [0, 0.1) is 5.92 Å². The van der Waals surface area contributed by atoms with Crippen molar-refractivity contribution >= 4 is 38.6 Å². The molecule has 0 radical (unpaired) electrons. The molecule has 0 spiro atoms. The van der Waals surface area contributed by atoms with Gasteiger partial charge in [-0.25, -0.2) is 4.98 Å². The molecule has 142 valence electrons. The number of amides is 2. The van der Waals surface area contributed by atoms with E-state index in [1.54, 1.807) is 17.0 Å². The molecule has 1 aromatic carbocycles. The Bertz CT molecular complexity index is 946. The van der Waals surface area contributed by atoms with Gasteiger partial charge in [0.05, 0.1) is 17.2 Å². The molecule has 2 heterocycles. The zero-order valence-electron chi connectivity index (χ0n) is 14.9. The normalized spacial score (nSPS) is 17.4. The highest BCUT2D eigenvalue weighted by Gasteiger charge is 2.35. The van der Waals surface area contributed by atoms with E-state index in [0.717, 1.165) is 17.3 Å². The van der Waals surface area contributed by atoms with E-state index in [1.807, 2.05) is 11.0 Å². The Hall–Kier alpha value is -2.22. The van der Waals surface area contributed by atoms with Crippen LogP contribution in [0.5, 0.6) is 0 Å². The molecule has 2 amide bonds. The van der Waals surface area contributed by atoms with Crippen LogP contribution >= 0.6 is 15.9 Å². The monoisotopic (exact) mass is 432 g/mol. The first kappa shape index (κ1) is 18.2. The predicted octanol–water partition coefficient (Wildman–Crippen LogP) is 1.63. The molecule has 1 aromatic heterocycles. The summed E-state index contributed by atoms with van der Waals surface area (Å²) in [7, 11) is 0. The van der Waals surface area contributed by atoms with E-state index in [-0.39, 0.29) is 29.7 Å². The second kappa shape index (κ2) is 7.42. The highest BCUT2D eigenvalue weighted by Crippen LogP contribution is 2.31. The molecule has 2 fully saturated rings. The number of carbonyl (C=O) groups excluding carboxylic acids is 2. The zero-order valence-corrected chi connectivity index (χ0v) is 16.5. The molecule has 7 nitrogen and oxygen atoms in total. The number of rotatable bonds is 4. The van der Waals surface area contributed by atoms with Crippen LogP contribution in [0.25, 0.3) is 10.9 Å². The van der Waals surface area contributed by atoms with Gasteiger partial charge in [0.25, 0.3) is 5.56 Å². The Morgan fingerprint density at radius 2 is 1.81 bits per heavy atom. The van der Waals surface area contributed by atoms with Crippen LogP contribution < -0.4 is 5.56 Å². The predicted molar refractivity (Wildman–Crippen MR) is 104 cm³/mol. The quantitative estimate of drug-likeness (QED) is 0.735. The summed E-state index contributed by atoms with van der Waals surface area (Å²) in [5.41, 5.74) is 0.496. The Balaban J connectivity index is 1.35. The van der Waals surface area contributed by atoms with Gasteiger partial charge in [-0.2, -0.15) is 0 Å². The minimum atomic E-state index is -0.144. The molecule has 27 heavy (non-hydrogen) atoms. The van der Waals surface area contributed by atoms with Gasteiger partial charge in [-0.15, -0.1) is 0 Å². The van der Waals surface area contributed by atoms with Crippen LogP contribution in [-0.2, 0) is 16.1 Å². The summed E-state index contributed by atoms with van der Waals surface area (Å²) in [4.78, 5) is 45.1. The lowest BCUT2D eigenvalue weighted by Gasteiger charge is -2.35. The lowest BCUT2D eigenvalue weighted by Crippen LogP contribution is -2.51. The first-order valence-corrected chi connectivity index (χ1v) is 10.0. The molecule has 0 bridgehead atoms. The lowest BCUT2D eigenvalue weighted by atomic mass is 10.2. The number of benzene rings is 1. The zero-order chi connectivity index (χ0) is 19.0. The largest absolute Gasteiger partial charge is 0.339 e. The summed E-state index contributed by atoms with van der Waals surface area (Å²) >= 11 is 3.37. The molecule has 1 aliphatic heterocycles. The highest BCUT2D eigenvalue weighted by molar-refractivity contribution is 9.10. The first-order chi connectivity index (χ1) is 13.0. The van der Waals surface area contributed by atoms with Crippen LogP contribution in [0.1, 0.15) is 19.3 Å². The fourth-order valence-corrected chi connectivity index (χ4v) is 3.79. The Morgan fingerprint density at radius 1 is 1.11 bits per heavy atom. The van der Waals surface area contributed by atoms with Gasteiger partial charge >= 0.3 is 0 Å². The van der Waals surface area contributed by atoms with Crippen LogP contribution in [0.2, 0.25) is 0 Å². The Kier molecular flexibility index (Phi) is 4.99. The molecule has 4 rings (SSSR count). The molecule has 2 aliphatic rings. The van der Waals surface area contributed by atoms with E-state index in [2.05, 4.69) is 20.9 Å². The summed E-state index contributed by atoms with van der Waals surface area (Å²) in [6.45, 7) is 2.64. The topological polar surface area (TPSA) is 75.5 Å². The Morgan fingerprint density at radius 3 is 2.52 bits per heavy atom. The van der Waals surface area contributed by atoms with Gasteiger partial charge in [-0.1, -0.05) is 15.9 Å². The maximum Gasteiger partial charge on any atom is 0.261 e.